The quantitative estimate of drug-likeness (QED) is 0.464. The van der Waals surface area contributed by atoms with Crippen LogP contribution < -0.4 is 9.47 Å². The molecule has 2 heterocycles. The molecule has 0 unspecified atom stereocenters. The van der Waals surface area contributed by atoms with Crippen molar-refractivity contribution in [3.8, 4) is 11.5 Å². The number of benzene rings is 2. The van der Waals surface area contributed by atoms with E-state index < -0.39 is 5.97 Å². The standard InChI is InChI=1S/C24H23NO5/c1-14(2)29-22(26)13-28-17-9-15(3)23-20(11-17)30-21(24(23)27)10-16-12-25(4)19-8-6-5-7-18(16)19/h5-12,14H,13H2,1-4H3/b21-10-. The van der Waals surface area contributed by atoms with Gasteiger partial charge in [0, 0.05) is 35.8 Å². The van der Waals surface area contributed by atoms with Gasteiger partial charge in [0.15, 0.2) is 12.4 Å². The molecule has 0 bridgehead atoms. The fraction of sp³-hybridized carbons (Fsp3) is 0.250. The number of aryl methyl sites for hydroxylation is 2. The van der Waals surface area contributed by atoms with Gasteiger partial charge in [-0.25, -0.2) is 4.79 Å². The monoisotopic (exact) mass is 405 g/mol. The van der Waals surface area contributed by atoms with Gasteiger partial charge in [-0.3, -0.25) is 4.79 Å². The highest BCUT2D eigenvalue weighted by Gasteiger charge is 2.30. The molecule has 1 aliphatic heterocycles. The summed E-state index contributed by atoms with van der Waals surface area (Å²) in [6.07, 6.45) is 3.54. The minimum atomic E-state index is -0.448. The van der Waals surface area contributed by atoms with E-state index in [1.165, 1.54) is 0 Å². The molecule has 1 aliphatic rings. The maximum atomic E-state index is 12.9. The summed E-state index contributed by atoms with van der Waals surface area (Å²) in [6.45, 7) is 5.17. The van der Waals surface area contributed by atoms with Crippen LogP contribution in [0.4, 0.5) is 0 Å². The minimum Gasteiger partial charge on any atom is -0.482 e. The number of ether oxygens (including phenoxy) is 3. The number of aromatic nitrogens is 1. The molecule has 0 spiro atoms. The van der Waals surface area contributed by atoms with Gasteiger partial charge in [-0.15, -0.1) is 0 Å². The minimum absolute atomic E-state index is 0.166. The molecule has 0 fully saturated rings. The van der Waals surface area contributed by atoms with Crippen LogP contribution in [0.25, 0.3) is 17.0 Å². The Morgan fingerprint density at radius 2 is 2.00 bits per heavy atom. The number of fused-ring (bicyclic) bond motifs is 2. The second-order valence-electron chi connectivity index (χ2n) is 7.59. The van der Waals surface area contributed by atoms with Gasteiger partial charge >= 0.3 is 5.97 Å². The number of nitrogens with zero attached hydrogens (tertiary/aromatic N) is 1. The van der Waals surface area contributed by atoms with Gasteiger partial charge in [0.1, 0.15) is 11.5 Å². The van der Waals surface area contributed by atoms with E-state index in [1.54, 1.807) is 32.1 Å². The van der Waals surface area contributed by atoms with Gasteiger partial charge in [-0.05, 0) is 44.5 Å². The predicted molar refractivity (Wildman–Crippen MR) is 114 cm³/mol. The van der Waals surface area contributed by atoms with Gasteiger partial charge in [-0.1, -0.05) is 18.2 Å². The molecule has 4 rings (SSSR count). The Kier molecular flexibility index (Phi) is 5.08. The molecule has 0 N–H and O–H groups in total. The Labute approximate surface area is 174 Å². The first-order valence-corrected chi connectivity index (χ1v) is 9.78. The second-order valence-corrected chi connectivity index (χ2v) is 7.59. The lowest BCUT2D eigenvalue weighted by atomic mass is 10.0. The van der Waals surface area contributed by atoms with Crippen molar-refractivity contribution >= 4 is 28.7 Å². The van der Waals surface area contributed by atoms with Crippen molar-refractivity contribution in [2.75, 3.05) is 6.61 Å². The molecule has 0 amide bonds. The fourth-order valence-corrected chi connectivity index (χ4v) is 3.63. The summed E-state index contributed by atoms with van der Waals surface area (Å²) in [6, 6.07) is 11.3. The molecule has 6 nitrogen and oxygen atoms in total. The summed E-state index contributed by atoms with van der Waals surface area (Å²) < 4.78 is 18.5. The number of rotatable bonds is 5. The first-order valence-electron chi connectivity index (χ1n) is 9.78. The predicted octanol–water partition coefficient (Wildman–Crippen LogP) is 4.43. The summed E-state index contributed by atoms with van der Waals surface area (Å²) in [7, 11) is 1.97. The Morgan fingerprint density at radius 1 is 1.23 bits per heavy atom. The van der Waals surface area contributed by atoms with Crippen LogP contribution in [-0.4, -0.2) is 29.0 Å². The van der Waals surface area contributed by atoms with E-state index in [4.69, 9.17) is 14.2 Å². The summed E-state index contributed by atoms with van der Waals surface area (Å²) in [4.78, 5) is 24.7. The average molecular weight is 405 g/mol. The molecule has 154 valence electrons. The summed E-state index contributed by atoms with van der Waals surface area (Å²) >= 11 is 0. The number of hydrogen-bond donors (Lipinski definition) is 0. The number of allylic oxidation sites excluding steroid dienone is 1. The number of carbonyl (C=O) groups is 2. The number of hydrogen-bond acceptors (Lipinski definition) is 5. The van der Waals surface area contributed by atoms with Crippen molar-refractivity contribution in [2.45, 2.75) is 26.9 Å². The van der Waals surface area contributed by atoms with Crippen LogP contribution in [0.15, 0.2) is 48.4 Å². The third-order valence-electron chi connectivity index (χ3n) is 4.88. The lowest BCUT2D eigenvalue weighted by molar-refractivity contribution is -0.149. The zero-order valence-corrected chi connectivity index (χ0v) is 17.4. The van der Waals surface area contributed by atoms with Gasteiger partial charge in [0.25, 0.3) is 0 Å². The topological polar surface area (TPSA) is 66.8 Å². The molecule has 30 heavy (non-hydrogen) atoms. The average Bonchev–Trinajstić information content (AvgIpc) is 3.17. The Balaban J connectivity index is 1.60. The fourth-order valence-electron chi connectivity index (χ4n) is 3.63. The first-order chi connectivity index (χ1) is 14.3. The molecule has 0 atom stereocenters. The lowest BCUT2D eigenvalue weighted by Crippen LogP contribution is -2.18. The van der Waals surface area contributed by atoms with E-state index in [1.807, 2.05) is 49.0 Å². The normalized spacial score (nSPS) is 14.3. The number of ketones is 1. The highest BCUT2D eigenvalue weighted by Crippen LogP contribution is 2.38. The number of Topliss-reactive ketones (excluding diaryl/α,β-unsaturated/α-hetero) is 1. The lowest BCUT2D eigenvalue weighted by Gasteiger charge is -2.10. The zero-order valence-electron chi connectivity index (χ0n) is 17.4. The SMILES string of the molecule is Cc1cc(OCC(=O)OC(C)C)cc2c1C(=O)/C(=C/c1cn(C)c3ccccc13)O2. The van der Waals surface area contributed by atoms with Crippen LogP contribution in [0.1, 0.15) is 35.3 Å². The van der Waals surface area contributed by atoms with Crippen molar-refractivity contribution in [1.82, 2.24) is 4.57 Å². The zero-order chi connectivity index (χ0) is 21.4. The maximum absolute atomic E-state index is 12.9. The largest absolute Gasteiger partial charge is 0.482 e. The van der Waals surface area contributed by atoms with Gasteiger partial charge in [0.2, 0.25) is 5.78 Å². The van der Waals surface area contributed by atoms with Crippen LogP contribution in [-0.2, 0) is 16.6 Å². The molecular formula is C24H23NO5. The number of para-hydroxylation sites is 1. The third-order valence-corrected chi connectivity index (χ3v) is 4.88. The third kappa shape index (κ3) is 3.68. The Hall–Kier alpha value is -3.54. The molecule has 0 saturated heterocycles. The summed E-state index contributed by atoms with van der Waals surface area (Å²) in [5.74, 6) is 0.531. The van der Waals surface area contributed by atoms with Gasteiger partial charge in [-0.2, -0.15) is 0 Å². The smallest absolute Gasteiger partial charge is 0.344 e. The highest BCUT2D eigenvalue weighted by atomic mass is 16.6. The van der Waals surface area contributed by atoms with Crippen LogP contribution >= 0.6 is 0 Å². The molecule has 1 aromatic heterocycles. The van der Waals surface area contributed by atoms with E-state index in [0.29, 0.717) is 17.1 Å². The van der Waals surface area contributed by atoms with Crippen molar-refractivity contribution in [2.24, 2.45) is 7.05 Å². The highest BCUT2D eigenvalue weighted by molar-refractivity contribution is 6.16. The summed E-state index contributed by atoms with van der Waals surface area (Å²) in [5, 5.41) is 1.05. The number of carbonyl (C=O) groups excluding carboxylic acids is 2. The van der Waals surface area contributed by atoms with E-state index in [2.05, 4.69) is 0 Å². The van der Waals surface area contributed by atoms with Crippen molar-refractivity contribution in [1.29, 1.82) is 0 Å². The maximum Gasteiger partial charge on any atom is 0.344 e. The second kappa shape index (κ2) is 7.71. The van der Waals surface area contributed by atoms with Crippen molar-refractivity contribution < 1.29 is 23.8 Å². The molecule has 0 aliphatic carbocycles. The van der Waals surface area contributed by atoms with Gasteiger partial charge < -0.3 is 18.8 Å². The van der Waals surface area contributed by atoms with Crippen LogP contribution in [0.3, 0.4) is 0 Å². The van der Waals surface area contributed by atoms with Gasteiger partial charge in [0.05, 0.1) is 11.7 Å². The molecule has 0 radical (unpaired) electrons. The Morgan fingerprint density at radius 3 is 2.77 bits per heavy atom. The Bertz CT molecular complexity index is 1190. The first kappa shape index (κ1) is 19.8. The molecule has 3 aromatic rings. The van der Waals surface area contributed by atoms with Crippen LogP contribution in [0.2, 0.25) is 0 Å². The molecule has 2 aromatic carbocycles. The van der Waals surface area contributed by atoms with E-state index in [-0.39, 0.29) is 24.3 Å². The van der Waals surface area contributed by atoms with Crippen LogP contribution in [0, 0.1) is 6.92 Å². The van der Waals surface area contributed by atoms with Crippen molar-refractivity contribution in [3.05, 3.63) is 65.0 Å². The van der Waals surface area contributed by atoms with Crippen molar-refractivity contribution in [3.63, 3.8) is 0 Å². The summed E-state index contributed by atoms with van der Waals surface area (Å²) in [5.41, 5.74) is 3.23. The molecule has 6 heteroatoms. The molecule has 0 saturated carbocycles. The van der Waals surface area contributed by atoms with E-state index in [9.17, 15) is 9.59 Å². The van der Waals surface area contributed by atoms with Crippen LogP contribution in [0.5, 0.6) is 11.5 Å². The molecular weight excluding hydrogens is 382 g/mol. The van der Waals surface area contributed by atoms with E-state index in [0.717, 1.165) is 22.0 Å². The number of esters is 1. The van der Waals surface area contributed by atoms with E-state index >= 15 is 0 Å².